The molecule has 15 heavy (non-hydrogen) atoms. The summed E-state index contributed by atoms with van der Waals surface area (Å²) in [5, 5.41) is 0. The molecule has 5 heteroatoms. The Hall–Kier alpha value is -0.510. The highest BCUT2D eigenvalue weighted by Crippen LogP contribution is 2.23. The van der Waals surface area contributed by atoms with E-state index in [1.165, 1.54) is 0 Å². The van der Waals surface area contributed by atoms with Crippen LogP contribution in [0.2, 0.25) is 0 Å². The number of nitrogens with zero attached hydrogens (tertiary/aromatic N) is 1. The van der Waals surface area contributed by atoms with Gasteiger partial charge in [0, 0.05) is 29.4 Å². The quantitative estimate of drug-likeness (QED) is 0.896. The lowest BCUT2D eigenvalue weighted by Crippen LogP contribution is -2.07. The van der Waals surface area contributed by atoms with E-state index in [2.05, 4.69) is 4.98 Å². The molecule has 1 rings (SSSR count). The van der Waals surface area contributed by atoms with Gasteiger partial charge in [0.2, 0.25) is 0 Å². The highest BCUT2D eigenvalue weighted by atomic mass is 35.5. The summed E-state index contributed by atoms with van der Waals surface area (Å²) < 4.78 is 5.28. The third-order valence-electron chi connectivity index (χ3n) is 2.13. The first-order valence-electron chi connectivity index (χ1n) is 4.39. The van der Waals surface area contributed by atoms with E-state index in [-0.39, 0.29) is 24.8 Å². The van der Waals surface area contributed by atoms with Crippen molar-refractivity contribution in [2.45, 2.75) is 20.3 Å². The molecule has 2 N–H and O–H groups in total. The maximum absolute atomic E-state index is 5.48. The molecular formula is C10H18Cl2N2O. The minimum atomic E-state index is 0. The van der Waals surface area contributed by atoms with E-state index in [0.29, 0.717) is 6.54 Å². The predicted molar refractivity (Wildman–Crippen MR) is 67.5 cm³/mol. The summed E-state index contributed by atoms with van der Waals surface area (Å²) >= 11 is 0. The second kappa shape index (κ2) is 7.74. The van der Waals surface area contributed by atoms with Crippen LogP contribution in [-0.2, 0) is 6.42 Å². The Bertz CT molecular complexity index is 306. The van der Waals surface area contributed by atoms with Gasteiger partial charge >= 0.3 is 0 Å². The van der Waals surface area contributed by atoms with E-state index < -0.39 is 0 Å². The van der Waals surface area contributed by atoms with Gasteiger partial charge in [0.15, 0.2) is 0 Å². The summed E-state index contributed by atoms with van der Waals surface area (Å²) in [7, 11) is 1.68. The summed E-state index contributed by atoms with van der Waals surface area (Å²) in [5.41, 5.74) is 8.69. The number of aromatic nitrogens is 1. The van der Waals surface area contributed by atoms with E-state index in [9.17, 15) is 0 Å². The van der Waals surface area contributed by atoms with Crippen molar-refractivity contribution in [3.05, 3.63) is 23.0 Å². The first-order valence-corrected chi connectivity index (χ1v) is 4.39. The molecule has 0 saturated carbocycles. The van der Waals surface area contributed by atoms with Crippen LogP contribution < -0.4 is 10.5 Å². The van der Waals surface area contributed by atoms with E-state index in [1.54, 1.807) is 7.11 Å². The zero-order chi connectivity index (χ0) is 9.84. The van der Waals surface area contributed by atoms with Crippen molar-refractivity contribution in [2.75, 3.05) is 13.7 Å². The molecule has 0 spiro atoms. The Morgan fingerprint density at radius 2 is 1.93 bits per heavy atom. The minimum absolute atomic E-state index is 0. The number of aryl methyl sites for hydroxylation is 1. The van der Waals surface area contributed by atoms with E-state index in [1.807, 2.05) is 20.0 Å². The lowest BCUT2D eigenvalue weighted by molar-refractivity contribution is 0.407. The van der Waals surface area contributed by atoms with Crippen molar-refractivity contribution >= 4 is 24.8 Å². The number of halogens is 2. The van der Waals surface area contributed by atoms with Crippen LogP contribution in [0.1, 0.15) is 16.8 Å². The molecule has 0 atom stereocenters. The summed E-state index contributed by atoms with van der Waals surface area (Å²) in [6.45, 7) is 4.63. The average molecular weight is 253 g/mol. The molecule has 0 fully saturated rings. The van der Waals surface area contributed by atoms with Crippen LogP contribution in [0, 0.1) is 13.8 Å². The van der Waals surface area contributed by atoms with Gasteiger partial charge in [-0.2, -0.15) is 0 Å². The van der Waals surface area contributed by atoms with Crippen LogP contribution in [0.4, 0.5) is 0 Å². The highest BCUT2D eigenvalue weighted by molar-refractivity contribution is 5.85. The average Bonchev–Trinajstić information content (AvgIpc) is 2.11. The van der Waals surface area contributed by atoms with Gasteiger partial charge in [0.25, 0.3) is 0 Å². The molecule has 0 aliphatic rings. The monoisotopic (exact) mass is 252 g/mol. The van der Waals surface area contributed by atoms with Crippen molar-refractivity contribution < 1.29 is 4.74 Å². The molecule has 0 radical (unpaired) electrons. The second-order valence-electron chi connectivity index (χ2n) is 3.08. The largest absolute Gasteiger partial charge is 0.496 e. The fourth-order valence-corrected chi connectivity index (χ4v) is 1.46. The summed E-state index contributed by atoms with van der Waals surface area (Å²) in [5.74, 6) is 0.929. The molecule has 1 aromatic rings. The third kappa shape index (κ3) is 3.86. The van der Waals surface area contributed by atoms with Crippen molar-refractivity contribution in [2.24, 2.45) is 5.73 Å². The van der Waals surface area contributed by atoms with Gasteiger partial charge in [0.1, 0.15) is 5.75 Å². The Morgan fingerprint density at radius 3 is 2.40 bits per heavy atom. The smallest absolute Gasteiger partial charge is 0.128 e. The Kier molecular flexibility index (Phi) is 8.72. The maximum Gasteiger partial charge on any atom is 0.128 e. The molecule has 0 aliphatic heterocycles. The predicted octanol–water partition coefficient (Wildman–Crippen LogP) is 2.05. The maximum atomic E-state index is 5.48. The number of nitrogens with two attached hydrogens (primary N) is 1. The van der Waals surface area contributed by atoms with Gasteiger partial charge < -0.3 is 10.5 Å². The molecule has 0 aliphatic carbocycles. The number of methoxy groups -OCH3 is 1. The number of hydrogen-bond donors (Lipinski definition) is 1. The van der Waals surface area contributed by atoms with Gasteiger partial charge in [0.05, 0.1) is 7.11 Å². The van der Waals surface area contributed by atoms with Gasteiger partial charge in [-0.3, -0.25) is 4.98 Å². The summed E-state index contributed by atoms with van der Waals surface area (Å²) in [6.07, 6.45) is 2.64. The van der Waals surface area contributed by atoms with Crippen molar-refractivity contribution in [1.29, 1.82) is 0 Å². The molecule has 1 heterocycles. The number of rotatable bonds is 3. The SMILES string of the molecule is COc1c(C)cnc(CCN)c1C.Cl.Cl. The minimum Gasteiger partial charge on any atom is -0.496 e. The molecule has 88 valence electrons. The Balaban J connectivity index is 0. The molecule has 0 amide bonds. The zero-order valence-electron chi connectivity index (χ0n) is 9.24. The Labute approximate surface area is 103 Å². The fourth-order valence-electron chi connectivity index (χ4n) is 1.46. The van der Waals surface area contributed by atoms with Crippen LogP contribution in [0.5, 0.6) is 5.75 Å². The fraction of sp³-hybridized carbons (Fsp3) is 0.500. The summed E-state index contributed by atoms with van der Waals surface area (Å²) in [6, 6.07) is 0. The second-order valence-corrected chi connectivity index (χ2v) is 3.08. The molecule has 0 saturated heterocycles. The first-order chi connectivity index (χ1) is 6.20. The first kappa shape index (κ1) is 16.9. The topological polar surface area (TPSA) is 48.1 Å². The van der Waals surface area contributed by atoms with Gasteiger partial charge in [-0.05, 0) is 20.4 Å². The van der Waals surface area contributed by atoms with E-state index >= 15 is 0 Å². The molecule has 0 aromatic carbocycles. The van der Waals surface area contributed by atoms with Crippen LogP contribution in [0.3, 0.4) is 0 Å². The standard InChI is InChI=1S/C10H16N2O.2ClH/c1-7-6-12-9(4-5-11)8(2)10(7)13-3;;/h6H,4-5,11H2,1-3H3;2*1H. The van der Waals surface area contributed by atoms with Gasteiger partial charge in [-0.25, -0.2) is 0 Å². The molecular weight excluding hydrogens is 235 g/mol. The van der Waals surface area contributed by atoms with Crippen LogP contribution >= 0.6 is 24.8 Å². The van der Waals surface area contributed by atoms with Crippen LogP contribution in [0.15, 0.2) is 6.20 Å². The molecule has 0 bridgehead atoms. The normalized spacial score (nSPS) is 8.80. The summed E-state index contributed by atoms with van der Waals surface area (Å²) in [4.78, 5) is 4.32. The number of hydrogen-bond acceptors (Lipinski definition) is 3. The number of pyridine rings is 1. The van der Waals surface area contributed by atoms with Gasteiger partial charge in [-0.15, -0.1) is 24.8 Å². The van der Waals surface area contributed by atoms with E-state index in [4.69, 9.17) is 10.5 Å². The lowest BCUT2D eigenvalue weighted by Gasteiger charge is -2.11. The van der Waals surface area contributed by atoms with E-state index in [0.717, 1.165) is 29.0 Å². The lowest BCUT2D eigenvalue weighted by atomic mass is 10.1. The highest BCUT2D eigenvalue weighted by Gasteiger charge is 2.07. The van der Waals surface area contributed by atoms with Crippen molar-refractivity contribution in [3.63, 3.8) is 0 Å². The molecule has 1 aromatic heterocycles. The van der Waals surface area contributed by atoms with Crippen molar-refractivity contribution in [1.82, 2.24) is 4.98 Å². The molecule has 3 nitrogen and oxygen atoms in total. The van der Waals surface area contributed by atoms with Crippen LogP contribution in [0.25, 0.3) is 0 Å². The van der Waals surface area contributed by atoms with Crippen molar-refractivity contribution in [3.8, 4) is 5.75 Å². The third-order valence-corrected chi connectivity index (χ3v) is 2.13. The van der Waals surface area contributed by atoms with Gasteiger partial charge in [-0.1, -0.05) is 0 Å². The van der Waals surface area contributed by atoms with Crippen LogP contribution in [-0.4, -0.2) is 18.6 Å². The zero-order valence-corrected chi connectivity index (χ0v) is 10.9. The Morgan fingerprint density at radius 1 is 1.33 bits per heavy atom. The molecule has 0 unspecified atom stereocenters. The number of ether oxygens (including phenoxy) is 1.